The van der Waals surface area contributed by atoms with Crippen molar-refractivity contribution >= 4 is 11.9 Å². The number of rotatable bonds is 8. The van der Waals surface area contributed by atoms with Crippen LogP contribution in [0.4, 0.5) is 0 Å². The van der Waals surface area contributed by atoms with Gasteiger partial charge < -0.3 is 19.5 Å². The first kappa shape index (κ1) is 20.1. The molecule has 0 atom stereocenters. The highest BCUT2D eigenvalue weighted by atomic mass is 16.5. The average Bonchev–Trinajstić information content (AvgIpc) is 2.67. The number of ether oxygens (including phenoxy) is 2. The Hall–Kier alpha value is -2.24. The molecule has 1 aliphatic carbocycles. The van der Waals surface area contributed by atoms with Gasteiger partial charge >= 0.3 is 5.97 Å². The number of methoxy groups -OCH3 is 2. The van der Waals surface area contributed by atoms with Crippen molar-refractivity contribution in [2.24, 2.45) is 0 Å². The summed E-state index contributed by atoms with van der Waals surface area (Å²) in [7, 11) is 4.85. The molecular formula is C20H29NO5. The van der Waals surface area contributed by atoms with E-state index in [-0.39, 0.29) is 5.91 Å². The zero-order valence-electron chi connectivity index (χ0n) is 15.9. The molecule has 1 aliphatic rings. The molecule has 26 heavy (non-hydrogen) atoms. The molecule has 0 saturated heterocycles. The number of carboxylic acid groups (broad SMARTS) is 1. The van der Waals surface area contributed by atoms with Crippen LogP contribution in [0.25, 0.3) is 0 Å². The molecule has 0 unspecified atom stereocenters. The summed E-state index contributed by atoms with van der Waals surface area (Å²) >= 11 is 0. The van der Waals surface area contributed by atoms with Gasteiger partial charge in [-0.15, -0.1) is 0 Å². The van der Waals surface area contributed by atoms with Gasteiger partial charge in [-0.1, -0.05) is 25.3 Å². The molecule has 1 fully saturated rings. The van der Waals surface area contributed by atoms with Gasteiger partial charge in [0.15, 0.2) is 0 Å². The van der Waals surface area contributed by atoms with Gasteiger partial charge in [0.05, 0.1) is 14.2 Å². The minimum atomic E-state index is -1.03. The van der Waals surface area contributed by atoms with Crippen LogP contribution < -0.4 is 9.47 Å². The number of carboxylic acids is 1. The van der Waals surface area contributed by atoms with E-state index in [4.69, 9.17) is 9.47 Å². The molecule has 144 valence electrons. The molecule has 1 amide bonds. The Labute approximate surface area is 155 Å². The van der Waals surface area contributed by atoms with E-state index in [1.807, 2.05) is 18.2 Å². The first-order valence-electron chi connectivity index (χ1n) is 9.15. The van der Waals surface area contributed by atoms with Crippen molar-refractivity contribution in [3.05, 3.63) is 23.8 Å². The number of carbonyl (C=O) groups excluding carboxylic acids is 1. The predicted octanol–water partition coefficient (Wildman–Crippen LogP) is 3.27. The third-order valence-electron chi connectivity index (χ3n) is 5.43. The van der Waals surface area contributed by atoms with Crippen molar-refractivity contribution in [1.82, 2.24) is 4.90 Å². The zero-order valence-corrected chi connectivity index (χ0v) is 15.9. The Bertz CT molecular complexity index is 637. The van der Waals surface area contributed by atoms with Crippen LogP contribution in [0, 0.1) is 0 Å². The molecule has 2 rings (SSSR count). The lowest BCUT2D eigenvalue weighted by atomic mass is 9.80. The molecule has 6 nitrogen and oxygen atoms in total. The van der Waals surface area contributed by atoms with Crippen molar-refractivity contribution in [2.75, 3.05) is 21.3 Å². The Morgan fingerprint density at radius 2 is 1.85 bits per heavy atom. The van der Waals surface area contributed by atoms with Crippen molar-refractivity contribution in [2.45, 2.75) is 56.9 Å². The van der Waals surface area contributed by atoms with Crippen LogP contribution in [-0.4, -0.2) is 48.7 Å². The average molecular weight is 363 g/mol. The van der Waals surface area contributed by atoms with Crippen molar-refractivity contribution in [3.8, 4) is 11.5 Å². The molecule has 0 spiro atoms. The monoisotopic (exact) mass is 363 g/mol. The minimum absolute atomic E-state index is 0.109. The van der Waals surface area contributed by atoms with Gasteiger partial charge in [0, 0.05) is 19.5 Å². The summed E-state index contributed by atoms with van der Waals surface area (Å²) in [5.74, 6) is 0.466. The minimum Gasteiger partial charge on any atom is -0.497 e. The van der Waals surface area contributed by atoms with E-state index in [0.717, 1.165) is 36.3 Å². The first-order chi connectivity index (χ1) is 12.4. The summed E-state index contributed by atoms with van der Waals surface area (Å²) in [5, 5.41) is 9.71. The number of amides is 1. The quantitative estimate of drug-likeness (QED) is 0.767. The Balaban J connectivity index is 1.96. The predicted molar refractivity (Wildman–Crippen MR) is 98.7 cm³/mol. The SMILES string of the molecule is COc1ccc(CCCC(=O)N(C)C2(C(=O)O)CCCCC2)c(OC)c1. The lowest BCUT2D eigenvalue weighted by molar-refractivity contribution is -0.160. The Morgan fingerprint density at radius 3 is 2.42 bits per heavy atom. The summed E-state index contributed by atoms with van der Waals surface area (Å²) in [4.78, 5) is 25.9. The van der Waals surface area contributed by atoms with E-state index in [1.165, 1.54) is 4.90 Å². The molecule has 1 aromatic carbocycles. The largest absolute Gasteiger partial charge is 0.497 e. The smallest absolute Gasteiger partial charge is 0.329 e. The second-order valence-electron chi connectivity index (χ2n) is 6.88. The van der Waals surface area contributed by atoms with Gasteiger partial charge in [-0.3, -0.25) is 4.79 Å². The van der Waals surface area contributed by atoms with E-state index in [2.05, 4.69) is 0 Å². The summed E-state index contributed by atoms with van der Waals surface area (Å²) in [5.41, 5.74) is -0.0259. The molecule has 0 radical (unpaired) electrons. The zero-order chi connectivity index (χ0) is 19.2. The molecule has 0 heterocycles. The van der Waals surface area contributed by atoms with Crippen LogP contribution in [0.2, 0.25) is 0 Å². The molecule has 1 aromatic rings. The maximum atomic E-state index is 12.6. The first-order valence-corrected chi connectivity index (χ1v) is 9.15. The van der Waals surface area contributed by atoms with Crippen LogP contribution in [-0.2, 0) is 16.0 Å². The molecule has 1 N–H and O–H groups in total. The molecule has 0 aliphatic heterocycles. The van der Waals surface area contributed by atoms with E-state index >= 15 is 0 Å². The number of benzene rings is 1. The summed E-state index contributed by atoms with van der Waals surface area (Å²) in [6, 6.07) is 5.63. The molecule has 0 bridgehead atoms. The number of carbonyl (C=O) groups is 2. The molecule has 1 saturated carbocycles. The molecule has 6 heteroatoms. The number of hydrogen-bond donors (Lipinski definition) is 1. The number of nitrogens with zero attached hydrogens (tertiary/aromatic N) is 1. The van der Waals surface area contributed by atoms with Gasteiger partial charge in [-0.05, 0) is 37.3 Å². The topological polar surface area (TPSA) is 76.1 Å². The van der Waals surface area contributed by atoms with Crippen LogP contribution >= 0.6 is 0 Å². The molecular weight excluding hydrogens is 334 g/mol. The fourth-order valence-corrected chi connectivity index (χ4v) is 3.72. The van der Waals surface area contributed by atoms with Gasteiger partial charge in [0.1, 0.15) is 17.0 Å². The van der Waals surface area contributed by atoms with Gasteiger partial charge in [0.25, 0.3) is 0 Å². The van der Waals surface area contributed by atoms with Crippen LogP contribution in [0.5, 0.6) is 11.5 Å². The van der Waals surface area contributed by atoms with Crippen LogP contribution in [0.3, 0.4) is 0 Å². The number of hydrogen-bond acceptors (Lipinski definition) is 4. The van der Waals surface area contributed by atoms with E-state index in [0.29, 0.717) is 32.1 Å². The second kappa shape index (κ2) is 8.92. The van der Waals surface area contributed by atoms with E-state index in [1.54, 1.807) is 21.3 Å². The molecule has 0 aromatic heterocycles. The summed E-state index contributed by atoms with van der Waals surface area (Å²) < 4.78 is 10.6. The fraction of sp³-hybridized carbons (Fsp3) is 0.600. The highest BCUT2D eigenvalue weighted by Gasteiger charge is 2.45. The van der Waals surface area contributed by atoms with Gasteiger partial charge in [0.2, 0.25) is 5.91 Å². The number of likely N-dealkylation sites (N-methyl/N-ethyl adjacent to an activating group) is 1. The lowest BCUT2D eigenvalue weighted by Gasteiger charge is -2.41. The summed E-state index contributed by atoms with van der Waals surface area (Å²) in [6.45, 7) is 0. The van der Waals surface area contributed by atoms with E-state index in [9.17, 15) is 14.7 Å². The maximum absolute atomic E-state index is 12.6. The Morgan fingerprint density at radius 1 is 1.15 bits per heavy atom. The lowest BCUT2D eigenvalue weighted by Crippen LogP contribution is -2.56. The van der Waals surface area contributed by atoms with Gasteiger partial charge in [-0.25, -0.2) is 4.79 Å². The van der Waals surface area contributed by atoms with Crippen LogP contribution in [0.1, 0.15) is 50.5 Å². The normalized spacial score (nSPS) is 16.0. The third kappa shape index (κ3) is 4.29. The summed E-state index contributed by atoms with van der Waals surface area (Å²) in [6.07, 6.45) is 5.47. The van der Waals surface area contributed by atoms with E-state index < -0.39 is 11.5 Å². The van der Waals surface area contributed by atoms with Crippen molar-refractivity contribution in [1.29, 1.82) is 0 Å². The van der Waals surface area contributed by atoms with Crippen molar-refractivity contribution in [3.63, 3.8) is 0 Å². The van der Waals surface area contributed by atoms with Crippen molar-refractivity contribution < 1.29 is 24.2 Å². The number of aliphatic carboxylic acids is 1. The van der Waals surface area contributed by atoms with Gasteiger partial charge in [-0.2, -0.15) is 0 Å². The number of aryl methyl sites for hydroxylation is 1. The Kier molecular flexibility index (Phi) is 6.89. The van der Waals surface area contributed by atoms with Crippen LogP contribution in [0.15, 0.2) is 18.2 Å². The third-order valence-corrected chi connectivity index (χ3v) is 5.43. The fourth-order valence-electron chi connectivity index (χ4n) is 3.72. The standard InChI is InChI=1S/C20H29NO5/c1-21(20(19(23)24)12-5-4-6-13-20)18(22)9-7-8-15-10-11-16(25-2)14-17(15)26-3/h10-11,14H,4-9,12-13H2,1-3H3,(H,23,24). The highest BCUT2D eigenvalue weighted by Crippen LogP contribution is 2.34. The maximum Gasteiger partial charge on any atom is 0.329 e. The highest BCUT2D eigenvalue weighted by molar-refractivity contribution is 5.87. The second-order valence-corrected chi connectivity index (χ2v) is 6.88.